The monoisotopic (exact) mass is 552 g/mol. The molecule has 4 rings (SSSR count). The molecule has 2 aliphatic rings. The Balaban J connectivity index is 0.000000468. The van der Waals surface area contributed by atoms with Gasteiger partial charge in [0.15, 0.2) is 23.0 Å². The number of para-hydroxylation sites is 4. The summed E-state index contributed by atoms with van der Waals surface area (Å²) >= 11 is 0. The Hall–Kier alpha value is -2.52. The molecule has 0 spiro atoms. The maximum Gasteiger partial charge on any atom is 2.00 e. The van der Waals surface area contributed by atoms with Crippen LogP contribution in [0.2, 0.25) is 0 Å². The normalized spacial score (nSPS) is 12.7. The second-order valence-corrected chi connectivity index (χ2v) is 9.37. The molecule has 0 aromatic heterocycles. The summed E-state index contributed by atoms with van der Waals surface area (Å²) in [4.78, 5) is 0. The Kier molecular flexibility index (Phi) is 15.8. The molecular formula is C30H38O4Zr. The molecule has 35 heavy (non-hydrogen) atoms. The smallest absolute Gasteiger partial charge is 0.504 e. The van der Waals surface area contributed by atoms with Crippen molar-refractivity contribution in [3.8, 4) is 23.0 Å². The van der Waals surface area contributed by atoms with Gasteiger partial charge in [0, 0.05) is 0 Å². The molecule has 0 saturated heterocycles. The number of allylic oxidation sites excluding steroid dienone is 8. The van der Waals surface area contributed by atoms with Gasteiger partial charge in [0.25, 0.3) is 0 Å². The van der Waals surface area contributed by atoms with E-state index in [1.54, 1.807) is 36.4 Å². The van der Waals surface area contributed by atoms with Crippen LogP contribution in [-0.2, 0) is 26.2 Å². The largest absolute Gasteiger partial charge is 2.00 e. The average molecular weight is 554 g/mol. The molecule has 0 aliphatic heterocycles. The first-order chi connectivity index (χ1) is 16.0. The Morgan fingerprint density at radius 2 is 0.971 bits per heavy atom. The van der Waals surface area contributed by atoms with E-state index in [2.05, 4.69) is 24.3 Å². The van der Waals surface area contributed by atoms with Crippen LogP contribution in [0, 0.1) is 12.2 Å². The second-order valence-electron chi connectivity index (χ2n) is 9.37. The van der Waals surface area contributed by atoms with Crippen molar-refractivity contribution in [3.05, 3.63) is 97.1 Å². The molecule has 4 nitrogen and oxygen atoms in total. The van der Waals surface area contributed by atoms with Gasteiger partial charge >= 0.3 is 26.2 Å². The Morgan fingerprint density at radius 1 is 0.629 bits per heavy atom. The number of benzene rings is 2. The summed E-state index contributed by atoms with van der Waals surface area (Å²) in [7, 11) is 0. The molecule has 2 aromatic carbocycles. The van der Waals surface area contributed by atoms with Crippen molar-refractivity contribution in [2.75, 3.05) is 0 Å². The van der Waals surface area contributed by atoms with Gasteiger partial charge in [-0.15, -0.1) is 12.8 Å². The van der Waals surface area contributed by atoms with Gasteiger partial charge in [-0.2, -0.15) is 12.2 Å². The van der Waals surface area contributed by atoms with E-state index in [9.17, 15) is 10.2 Å². The summed E-state index contributed by atoms with van der Waals surface area (Å²) in [5.74, 6) is 1.44. The zero-order chi connectivity index (χ0) is 25.5. The van der Waals surface area contributed by atoms with Crippen LogP contribution >= 0.6 is 0 Å². The molecule has 2 aromatic rings. The van der Waals surface area contributed by atoms with E-state index in [-0.39, 0.29) is 48.9 Å². The fraction of sp³-hybridized carbons (Fsp3) is 0.333. The molecular weight excluding hydrogens is 516 g/mol. The van der Waals surface area contributed by atoms with Crippen LogP contribution in [0.15, 0.2) is 85.0 Å². The quantitative estimate of drug-likeness (QED) is 0.373. The minimum Gasteiger partial charge on any atom is -0.504 e. The summed E-state index contributed by atoms with van der Waals surface area (Å²) in [6, 6.07) is 13.9. The van der Waals surface area contributed by atoms with Gasteiger partial charge in [0.05, 0.1) is 0 Å². The standard InChI is InChI=1S/2C10H14O2.2C5H5.Zr/c2*1-10(2,3)12-9-7-5-4-6-8(9)11;2*1-2-4-5-3-1;/h2*4-7,11H,1-3H3;2*1-3H,4H2;/q;;2*-1;+2. The van der Waals surface area contributed by atoms with Crippen molar-refractivity contribution in [1.29, 1.82) is 0 Å². The summed E-state index contributed by atoms with van der Waals surface area (Å²) in [5, 5.41) is 18.7. The van der Waals surface area contributed by atoms with Gasteiger partial charge in [-0.05, 0) is 65.8 Å². The van der Waals surface area contributed by atoms with E-state index >= 15 is 0 Å². The van der Waals surface area contributed by atoms with Crippen molar-refractivity contribution < 1.29 is 45.9 Å². The van der Waals surface area contributed by atoms with Crippen LogP contribution in [-0.4, -0.2) is 21.4 Å². The van der Waals surface area contributed by atoms with Crippen molar-refractivity contribution in [2.24, 2.45) is 0 Å². The number of hydrogen-bond donors (Lipinski definition) is 2. The van der Waals surface area contributed by atoms with E-state index in [4.69, 9.17) is 9.47 Å². The predicted octanol–water partition coefficient (Wildman–Crippen LogP) is 7.75. The van der Waals surface area contributed by atoms with Crippen LogP contribution in [0.25, 0.3) is 0 Å². The molecule has 5 heteroatoms. The molecule has 0 heterocycles. The number of hydrogen-bond acceptors (Lipinski definition) is 4. The summed E-state index contributed by atoms with van der Waals surface area (Å²) in [5.41, 5.74) is -0.530. The van der Waals surface area contributed by atoms with Gasteiger partial charge in [-0.1, -0.05) is 24.3 Å². The first-order valence-electron chi connectivity index (χ1n) is 11.4. The zero-order valence-electron chi connectivity index (χ0n) is 21.7. The van der Waals surface area contributed by atoms with E-state index in [1.807, 2.05) is 78.0 Å². The predicted molar refractivity (Wildman–Crippen MR) is 140 cm³/mol. The van der Waals surface area contributed by atoms with Crippen LogP contribution in [0.4, 0.5) is 0 Å². The number of rotatable bonds is 2. The summed E-state index contributed by atoms with van der Waals surface area (Å²) < 4.78 is 11.0. The third kappa shape index (κ3) is 17.6. The fourth-order valence-electron chi connectivity index (χ4n) is 2.43. The number of phenolic OH excluding ortho intramolecular Hbond substituents is 2. The van der Waals surface area contributed by atoms with E-state index in [0.29, 0.717) is 11.5 Å². The number of aromatic hydroxyl groups is 2. The van der Waals surface area contributed by atoms with Crippen LogP contribution in [0.3, 0.4) is 0 Å². The van der Waals surface area contributed by atoms with Gasteiger partial charge < -0.3 is 19.7 Å². The van der Waals surface area contributed by atoms with Crippen molar-refractivity contribution in [2.45, 2.75) is 65.6 Å². The molecule has 0 fully saturated rings. The molecule has 0 unspecified atom stereocenters. The van der Waals surface area contributed by atoms with Crippen molar-refractivity contribution in [1.82, 2.24) is 0 Å². The molecule has 0 bridgehead atoms. The first-order valence-corrected chi connectivity index (χ1v) is 11.4. The Morgan fingerprint density at radius 3 is 1.17 bits per heavy atom. The molecule has 2 N–H and O–H groups in total. The minimum absolute atomic E-state index is 0. The molecule has 0 atom stereocenters. The average Bonchev–Trinajstić information content (AvgIpc) is 3.49. The Labute approximate surface area is 230 Å². The second kappa shape index (κ2) is 17.0. The molecule has 0 amide bonds. The van der Waals surface area contributed by atoms with Crippen molar-refractivity contribution >= 4 is 0 Å². The molecule has 0 radical (unpaired) electrons. The van der Waals surface area contributed by atoms with E-state index in [1.165, 1.54) is 0 Å². The fourth-order valence-corrected chi connectivity index (χ4v) is 2.43. The molecule has 186 valence electrons. The number of ether oxygens (including phenoxy) is 2. The SMILES string of the molecule is CC(C)(C)Oc1ccccc1O.CC(C)(C)Oc1ccccc1O.[C-]1=CC=CC1.[C-]1=CC=CC1.[Zr+2]. The maximum atomic E-state index is 9.35. The van der Waals surface area contributed by atoms with Crippen molar-refractivity contribution in [3.63, 3.8) is 0 Å². The van der Waals surface area contributed by atoms with Crippen LogP contribution < -0.4 is 9.47 Å². The van der Waals surface area contributed by atoms with E-state index in [0.717, 1.165) is 12.8 Å². The third-order valence-corrected chi connectivity index (χ3v) is 3.73. The maximum absolute atomic E-state index is 9.35. The zero-order valence-corrected chi connectivity index (χ0v) is 24.2. The molecule has 0 saturated carbocycles. The molecule has 2 aliphatic carbocycles. The minimum atomic E-state index is -0.265. The summed E-state index contributed by atoms with van der Waals surface area (Å²) in [6.07, 6.45) is 20.0. The van der Waals surface area contributed by atoms with Gasteiger partial charge in [0.2, 0.25) is 0 Å². The van der Waals surface area contributed by atoms with Gasteiger partial charge in [-0.3, -0.25) is 12.2 Å². The first kappa shape index (κ1) is 32.5. The topological polar surface area (TPSA) is 58.9 Å². The third-order valence-electron chi connectivity index (χ3n) is 3.73. The Bertz CT molecular complexity index is 861. The van der Waals surface area contributed by atoms with E-state index < -0.39 is 0 Å². The van der Waals surface area contributed by atoms with Crippen LogP contribution in [0.1, 0.15) is 54.4 Å². The summed E-state index contributed by atoms with van der Waals surface area (Å²) in [6.45, 7) is 11.7. The van der Waals surface area contributed by atoms with Crippen LogP contribution in [0.5, 0.6) is 23.0 Å². The number of phenols is 2. The van der Waals surface area contributed by atoms with Gasteiger partial charge in [-0.25, -0.2) is 24.3 Å². The van der Waals surface area contributed by atoms with Gasteiger partial charge in [0.1, 0.15) is 11.2 Å².